The molecular weight excluding hydrogens is 410 g/mol. The number of hydrogen-bond acceptors (Lipinski definition) is 7. The van der Waals surface area contributed by atoms with Gasteiger partial charge in [-0.15, -0.1) is 10.2 Å². The topological polar surface area (TPSA) is 91.2 Å². The fraction of sp³-hybridized carbons (Fsp3) is 0.250. The number of methoxy groups -OCH3 is 1. The van der Waals surface area contributed by atoms with Crippen LogP contribution < -0.4 is 0 Å². The van der Waals surface area contributed by atoms with Gasteiger partial charge in [0.2, 0.25) is 0 Å². The molecule has 3 rings (SSSR count). The molecule has 0 atom stereocenters. The van der Waals surface area contributed by atoms with Crippen LogP contribution in [-0.2, 0) is 33.1 Å². The van der Waals surface area contributed by atoms with Crippen molar-refractivity contribution in [2.45, 2.75) is 28.5 Å². The van der Waals surface area contributed by atoms with E-state index in [9.17, 15) is 13.2 Å². The van der Waals surface area contributed by atoms with E-state index < -0.39 is 9.84 Å². The molecule has 1 heterocycles. The van der Waals surface area contributed by atoms with Crippen LogP contribution in [0.2, 0.25) is 0 Å². The summed E-state index contributed by atoms with van der Waals surface area (Å²) < 4.78 is 31.7. The highest BCUT2D eigenvalue weighted by Crippen LogP contribution is 2.23. The van der Waals surface area contributed by atoms with E-state index in [1.807, 2.05) is 19.1 Å². The molecule has 2 aromatic carbocycles. The van der Waals surface area contributed by atoms with E-state index in [0.29, 0.717) is 22.3 Å². The fourth-order valence-electron chi connectivity index (χ4n) is 2.60. The van der Waals surface area contributed by atoms with Crippen molar-refractivity contribution >= 4 is 27.6 Å². The Hall–Kier alpha value is -2.65. The molecule has 0 saturated heterocycles. The Morgan fingerprint density at radius 2 is 1.72 bits per heavy atom. The third-order valence-corrected chi connectivity index (χ3v) is 7.09. The molecule has 29 heavy (non-hydrogen) atoms. The second-order valence-electron chi connectivity index (χ2n) is 6.51. The van der Waals surface area contributed by atoms with E-state index in [1.54, 1.807) is 48.0 Å². The Morgan fingerprint density at radius 3 is 2.34 bits per heavy atom. The van der Waals surface area contributed by atoms with Gasteiger partial charge in [-0.05, 0) is 36.8 Å². The van der Waals surface area contributed by atoms with Crippen molar-refractivity contribution in [1.82, 2.24) is 14.8 Å². The molecule has 0 amide bonds. The lowest BCUT2D eigenvalue weighted by molar-refractivity contribution is 0.0600. The summed E-state index contributed by atoms with van der Waals surface area (Å²) in [6, 6.07) is 13.9. The molecule has 0 aliphatic rings. The highest BCUT2D eigenvalue weighted by Gasteiger charge is 2.20. The van der Waals surface area contributed by atoms with Gasteiger partial charge in [0.15, 0.2) is 15.0 Å². The number of benzene rings is 2. The Kier molecular flexibility index (Phi) is 6.39. The Balaban J connectivity index is 1.68. The summed E-state index contributed by atoms with van der Waals surface area (Å²) in [7, 11) is -0.402. The van der Waals surface area contributed by atoms with Crippen LogP contribution in [0.5, 0.6) is 0 Å². The van der Waals surface area contributed by atoms with Crippen molar-refractivity contribution in [2.75, 3.05) is 7.11 Å². The van der Waals surface area contributed by atoms with Crippen LogP contribution in [0.15, 0.2) is 58.6 Å². The van der Waals surface area contributed by atoms with Gasteiger partial charge in [0.1, 0.15) is 11.6 Å². The average molecular weight is 432 g/mol. The summed E-state index contributed by atoms with van der Waals surface area (Å²) in [4.78, 5) is 11.8. The maximum Gasteiger partial charge on any atom is 0.337 e. The minimum Gasteiger partial charge on any atom is -0.465 e. The molecule has 152 valence electrons. The monoisotopic (exact) mass is 431 g/mol. The predicted octanol–water partition coefficient (Wildman–Crippen LogP) is 3.18. The smallest absolute Gasteiger partial charge is 0.337 e. The number of sulfone groups is 1. The van der Waals surface area contributed by atoms with E-state index in [1.165, 1.54) is 18.9 Å². The molecule has 0 aliphatic heterocycles. The van der Waals surface area contributed by atoms with Gasteiger partial charge >= 0.3 is 5.97 Å². The minimum absolute atomic E-state index is 0.214. The van der Waals surface area contributed by atoms with Crippen LogP contribution in [-0.4, -0.2) is 36.3 Å². The summed E-state index contributed by atoms with van der Waals surface area (Å²) in [5.74, 6) is 0.401. The van der Waals surface area contributed by atoms with Crippen molar-refractivity contribution < 1.29 is 17.9 Å². The van der Waals surface area contributed by atoms with Crippen LogP contribution in [0.3, 0.4) is 0 Å². The van der Waals surface area contributed by atoms with Crippen molar-refractivity contribution in [1.29, 1.82) is 0 Å². The Bertz CT molecular complexity index is 1110. The minimum atomic E-state index is -3.50. The molecule has 1 aromatic heterocycles. The lowest BCUT2D eigenvalue weighted by Crippen LogP contribution is -2.09. The molecule has 0 aliphatic carbocycles. The highest BCUT2D eigenvalue weighted by molar-refractivity contribution is 7.98. The molecule has 0 unspecified atom stereocenters. The van der Waals surface area contributed by atoms with E-state index in [0.717, 1.165) is 11.1 Å². The highest BCUT2D eigenvalue weighted by atomic mass is 32.2. The Morgan fingerprint density at radius 1 is 1.07 bits per heavy atom. The lowest BCUT2D eigenvalue weighted by atomic mass is 10.1. The van der Waals surface area contributed by atoms with E-state index in [2.05, 4.69) is 14.9 Å². The molecule has 0 fully saturated rings. The second kappa shape index (κ2) is 8.79. The molecule has 0 saturated carbocycles. The number of aryl methyl sites for hydroxylation is 1. The third-order valence-electron chi connectivity index (χ3n) is 4.37. The first-order valence-corrected chi connectivity index (χ1v) is 11.4. The molecule has 7 nitrogen and oxygen atoms in total. The number of ether oxygens (including phenoxy) is 1. The number of carbonyl (C=O) groups is 1. The zero-order chi connectivity index (χ0) is 21.0. The number of thioether (sulfide) groups is 1. The second-order valence-corrected chi connectivity index (χ2v) is 9.44. The van der Waals surface area contributed by atoms with Crippen LogP contribution in [0.1, 0.15) is 27.3 Å². The van der Waals surface area contributed by atoms with Gasteiger partial charge in [0, 0.05) is 12.8 Å². The molecule has 9 heteroatoms. The largest absolute Gasteiger partial charge is 0.465 e. The number of carbonyl (C=O) groups excluding carboxylic acids is 1. The first kappa shape index (κ1) is 21.1. The van der Waals surface area contributed by atoms with E-state index in [4.69, 9.17) is 0 Å². The molecule has 0 radical (unpaired) electrons. The molecule has 3 aromatic rings. The normalized spacial score (nSPS) is 11.4. The van der Waals surface area contributed by atoms with Crippen LogP contribution in [0.25, 0.3) is 0 Å². The lowest BCUT2D eigenvalue weighted by Gasteiger charge is -2.06. The first-order valence-electron chi connectivity index (χ1n) is 8.78. The molecule has 0 N–H and O–H groups in total. The first-order chi connectivity index (χ1) is 13.8. The zero-order valence-electron chi connectivity index (χ0n) is 16.3. The number of nitrogens with zero attached hydrogens (tertiary/aromatic N) is 3. The van der Waals surface area contributed by atoms with Gasteiger partial charge in [-0.1, -0.05) is 41.6 Å². The van der Waals surface area contributed by atoms with Crippen molar-refractivity contribution in [2.24, 2.45) is 7.05 Å². The quantitative estimate of drug-likeness (QED) is 0.419. The van der Waals surface area contributed by atoms with Gasteiger partial charge < -0.3 is 9.30 Å². The van der Waals surface area contributed by atoms with Gasteiger partial charge in [0.05, 0.1) is 17.6 Å². The van der Waals surface area contributed by atoms with Crippen LogP contribution in [0.4, 0.5) is 0 Å². The number of rotatable bonds is 7. The zero-order valence-corrected chi connectivity index (χ0v) is 18.0. The van der Waals surface area contributed by atoms with Crippen molar-refractivity contribution in [3.63, 3.8) is 0 Å². The average Bonchev–Trinajstić information content (AvgIpc) is 3.05. The van der Waals surface area contributed by atoms with E-state index >= 15 is 0 Å². The van der Waals surface area contributed by atoms with Crippen molar-refractivity contribution in [3.8, 4) is 0 Å². The maximum atomic E-state index is 12.6. The Labute approximate surface area is 174 Å². The number of aromatic nitrogens is 3. The van der Waals surface area contributed by atoms with Gasteiger partial charge in [0.25, 0.3) is 0 Å². The summed E-state index contributed by atoms with van der Waals surface area (Å²) in [5, 5.41) is 8.80. The third kappa shape index (κ3) is 5.04. The SMILES string of the molecule is COC(=O)c1ccc(CSc2nnc(CS(=O)(=O)c3ccc(C)cc3)n2C)cc1. The van der Waals surface area contributed by atoms with Crippen LogP contribution in [0, 0.1) is 6.92 Å². The van der Waals surface area contributed by atoms with E-state index in [-0.39, 0.29) is 16.6 Å². The summed E-state index contributed by atoms with van der Waals surface area (Å²) >= 11 is 1.44. The maximum absolute atomic E-state index is 12.6. The molecular formula is C20H21N3O4S2. The summed E-state index contributed by atoms with van der Waals surface area (Å²) in [5.41, 5.74) is 2.49. The number of hydrogen-bond donors (Lipinski definition) is 0. The summed E-state index contributed by atoms with van der Waals surface area (Å²) in [6.45, 7) is 1.91. The molecule has 0 bridgehead atoms. The molecule has 0 spiro atoms. The van der Waals surface area contributed by atoms with Crippen molar-refractivity contribution in [3.05, 3.63) is 71.0 Å². The fourth-order valence-corrected chi connectivity index (χ4v) is 4.79. The standard InChI is InChI=1S/C20H21N3O4S2/c1-14-4-10-17(11-5-14)29(25,26)13-18-21-22-20(23(18)2)28-12-15-6-8-16(9-7-15)19(24)27-3/h4-11H,12-13H2,1-3H3. The summed E-state index contributed by atoms with van der Waals surface area (Å²) in [6.07, 6.45) is 0. The van der Waals surface area contributed by atoms with Crippen LogP contribution >= 0.6 is 11.8 Å². The number of esters is 1. The van der Waals surface area contributed by atoms with Gasteiger partial charge in [-0.3, -0.25) is 0 Å². The predicted molar refractivity (Wildman–Crippen MR) is 110 cm³/mol. The van der Waals surface area contributed by atoms with Gasteiger partial charge in [-0.2, -0.15) is 0 Å². The van der Waals surface area contributed by atoms with Gasteiger partial charge in [-0.25, -0.2) is 13.2 Å².